The van der Waals surface area contributed by atoms with E-state index in [1.807, 2.05) is 6.92 Å². The Hall–Kier alpha value is -0.870. The maximum atomic E-state index is 5.69. The van der Waals surface area contributed by atoms with E-state index in [4.69, 9.17) is 10.3 Å². The minimum atomic E-state index is 0.213. The van der Waals surface area contributed by atoms with Crippen LogP contribution in [0.25, 0.3) is 0 Å². The van der Waals surface area contributed by atoms with Crippen LogP contribution in [0.5, 0.6) is 0 Å². The summed E-state index contributed by atoms with van der Waals surface area (Å²) in [6.07, 6.45) is 1.03. The Morgan fingerprint density at radius 1 is 1.69 bits per heavy atom. The van der Waals surface area contributed by atoms with Crippen molar-refractivity contribution >= 4 is 0 Å². The molecule has 1 unspecified atom stereocenters. The molecule has 0 aliphatic carbocycles. The summed E-state index contributed by atoms with van der Waals surface area (Å²) in [4.78, 5) is 2.22. The summed E-state index contributed by atoms with van der Waals surface area (Å²) >= 11 is 0. The molecule has 2 rings (SSSR count). The molecule has 2 heterocycles. The smallest absolute Gasteiger partial charge is 0.158 e. The van der Waals surface area contributed by atoms with Crippen molar-refractivity contribution in [2.24, 2.45) is 5.73 Å². The first-order chi connectivity index (χ1) is 6.24. The summed E-state index contributed by atoms with van der Waals surface area (Å²) in [6.45, 7) is 3.62. The van der Waals surface area contributed by atoms with E-state index in [0.717, 1.165) is 24.4 Å². The minimum Gasteiger partial charge on any atom is -0.359 e. The van der Waals surface area contributed by atoms with Gasteiger partial charge in [0, 0.05) is 18.7 Å². The Morgan fingerprint density at radius 2 is 2.46 bits per heavy atom. The molecule has 2 N–H and O–H groups in total. The molecule has 0 spiro atoms. The molecule has 1 aromatic heterocycles. The molecule has 4 nitrogen and oxygen atoms in total. The van der Waals surface area contributed by atoms with Gasteiger partial charge >= 0.3 is 0 Å². The van der Waals surface area contributed by atoms with E-state index in [9.17, 15) is 0 Å². The number of nitrogens with zero attached hydrogens (tertiary/aromatic N) is 2. The summed E-state index contributed by atoms with van der Waals surface area (Å²) in [5, 5.41) is 3.97. The highest BCUT2D eigenvalue weighted by Gasteiger charge is 2.29. The van der Waals surface area contributed by atoms with Crippen LogP contribution in [0, 0.1) is 6.92 Å². The highest BCUT2D eigenvalue weighted by Crippen LogP contribution is 2.29. The molecule has 0 radical (unpaired) electrons. The van der Waals surface area contributed by atoms with E-state index in [1.54, 1.807) is 0 Å². The monoisotopic (exact) mass is 181 g/mol. The standard InChI is InChI=1S/C9H15N3O/c1-6-7-3-4-12(2)8(5-10)9(7)13-11-6/h8H,3-5,10H2,1-2H3. The van der Waals surface area contributed by atoms with Crippen LogP contribution >= 0.6 is 0 Å². The number of hydrogen-bond acceptors (Lipinski definition) is 4. The van der Waals surface area contributed by atoms with Crippen LogP contribution in [0.4, 0.5) is 0 Å². The molecule has 0 saturated heterocycles. The molecule has 1 atom stereocenters. The summed E-state index contributed by atoms with van der Waals surface area (Å²) in [7, 11) is 2.07. The Morgan fingerprint density at radius 3 is 3.15 bits per heavy atom. The van der Waals surface area contributed by atoms with Crippen LogP contribution in [-0.2, 0) is 6.42 Å². The van der Waals surface area contributed by atoms with Crippen LogP contribution in [0.2, 0.25) is 0 Å². The second-order valence-corrected chi connectivity index (χ2v) is 3.59. The Kier molecular flexibility index (Phi) is 2.09. The van der Waals surface area contributed by atoms with Gasteiger partial charge in [0.05, 0.1) is 11.7 Å². The van der Waals surface area contributed by atoms with Gasteiger partial charge in [-0.05, 0) is 20.4 Å². The molecule has 0 bridgehead atoms. The number of aryl methyl sites for hydroxylation is 1. The van der Waals surface area contributed by atoms with Crippen molar-refractivity contribution in [2.45, 2.75) is 19.4 Å². The quantitative estimate of drug-likeness (QED) is 0.684. The van der Waals surface area contributed by atoms with Crippen molar-refractivity contribution in [3.8, 4) is 0 Å². The van der Waals surface area contributed by atoms with E-state index in [0.29, 0.717) is 6.54 Å². The average molecular weight is 181 g/mol. The zero-order valence-corrected chi connectivity index (χ0v) is 8.08. The predicted molar refractivity (Wildman–Crippen MR) is 49.4 cm³/mol. The van der Waals surface area contributed by atoms with E-state index in [-0.39, 0.29) is 6.04 Å². The number of likely N-dealkylation sites (N-methyl/N-ethyl adjacent to an activating group) is 1. The SMILES string of the molecule is Cc1noc2c1CCN(C)C2CN. The third-order valence-corrected chi connectivity index (χ3v) is 2.79. The van der Waals surface area contributed by atoms with Crippen molar-refractivity contribution in [3.63, 3.8) is 0 Å². The Bertz CT molecular complexity index is 308. The largest absolute Gasteiger partial charge is 0.359 e. The number of nitrogens with two attached hydrogens (primary N) is 1. The van der Waals surface area contributed by atoms with Crippen LogP contribution in [0.1, 0.15) is 23.1 Å². The van der Waals surface area contributed by atoms with Gasteiger partial charge in [0.1, 0.15) is 0 Å². The van der Waals surface area contributed by atoms with E-state index in [1.165, 1.54) is 5.56 Å². The third kappa shape index (κ3) is 1.26. The van der Waals surface area contributed by atoms with Crippen molar-refractivity contribution in [2.75, 3.05) is 20.1 Å². The highest BCUT2D eigenvalue weighted by molar-refractivity contribution is 5.27. The van der Waals surface area contributed by atoms with Gasteiger partial charge < -0.3 is 10.3 Å². The molecule has 1 aliphatic heterocycles. The predicted octanol–water partition coefficient (Wildman–Crippen LogP) is 0.471. The van der Waals surface area contributed by atoms with E-state index in [2.05, 4.69) is 17.1 Å². The van der Waals surface area contributed by atoms with Gasteiger partial charge in [-0.2, -0.15) is 0 Å². The lowest BCUT2D eigenvalue weighted by molar-refractivity contribution is 0.191. The summed E-state index contributed by atoms with van der Waals surface area (Å²) in [5.74, 6) is 0.966. The molecule has 1 aliphatic rings. The number of hydrogen-bond donors (Lipinski definition) is 1. The Balaban J connectivity index is 2.40. The van der Waals surface area contributed by atoms with Gasteiger partial charge in [-0.25, -0.2) is 0 Å². The third-order valence-electron chi connectivity index (χ3n) is 2.79. The second-order valence-electron chi connectivity index (χ2n) is 3.59. The zero-order chi connectivity index (χ0) is 9.42. The molecule has 0 saturated carbocycles. The maximum absolute atomic E-state index is 5.69. The minimum absolute atomic E-state index is 0.213. The Labute approximate surface area is 77.7 Å². The van der Waals surface area contributed by atoms with Crippen LogP contribution < -0.4 is 5.73 Å². The fraction of sp³-hybridized carbons (Fsp3) is 0.667. The van der Waals surface area contributed by atoms with Gasteiger partial charge in [-0.15, -0.1) is 0 Å². The topological polar surface area (TPSA) is 55.3 Å². The van der Waals surface area contributed by atoms with Crippen molar-refractivity contribution in [3.05, 3.63) is 17.0 Å². The van der Waals surface area contributed by atoms with Crippen LogP contribution in [-0.4, -0.2) is 30.2 Å². The average Bonchev–Trinajstić information content (AvgIpc) is 2.48. The first kappa shape index (κ1) is 8.72. The zero-order valence-electron chi connectivity index (χ0n) is 8.08. The first-order valence-corrected chi connectivity index (χ1v) is 4.59. The summed E-state index contributed by atoms with van der Waals surface area (Å²) in [6, 6.07) is 0.213. The second kappa shape index (κ2) is 3.12. The molecule has 0 amide bonds. The normalized spacial score (nSPS) is 23.2. The number of fused-ring (bicyclic) bond motifs is 1. The molecular weight excluding hydrogens is 166 g/mol. The van der Waals surface area contributed by atoms with Crippen LogP contribution in [0.3, 0.4) is 0 Å². The van der Waals surface area contributed by atoms with Crippen molar-refractivity contribution in [1.29, 1.82) is 0 Å². The lowest BCUT2D eigenvalue weighted by atomic mass is 9.99. The molecule has 0 fully saturated rings. The van der Waals surface area contributed by atoms with Crippen LogP contribution in [0.15, 0.2) is 4.52 Å². The summed E-state index contributed by atoms with van der Waals surface area (Å²) in [5.41, 5.74) is 7.96. The molecule has 72 valence electrons. The van der Waals surface area contributed by atoms with Gasteiger partial charge in [0.25, 0.3) is 0 Å². The van der Waals surface area contributed by atoms with Gasteiger partial charge in [0.15, 0.2) is 5.76 Å². The first-order valence-electron chi connectivity index (χ1n) is 4.59. The fourth-order valence-electron chi connectivity index (χ4n) is 1.90. The molecule has 4 heteroatoms. The lowest BCUT2D eigenvalue weighted by Gasteiger charge is -2.29. The van der Waals surface area contributed by atoms with Gasteiger partial charge in [-0.3, -0.25) is 4.90 Å². The maximum Gasteiger partial charge on any atom is 0.158 e. The van der Waals surface area contributed by atoms with Crippen molar-refractivity contribution in [1.82, 2.24) is 10.1 Å². The lowest BCUT2D eigenvalue weighted by Crippen LogP contribution is -2.35. The van der Waals surface area contributed by atoms with Gasteiger partial charge in [-0.1, -0.05) is 5.16 Å². The van der Waals surface area contributed by atoms with Gasteiger partial charge in [0.2, 0.25) is 0 Å². The molecule has 0 aromatic carbocycles. The molecular formula is C9H15N3O. The van der Waals surface area contributed by atoms with E-state index >= 15 is 0 Å². The summed E-state index contributed by atoms with van der Waals surface area (Å²) < 4.78 is 5.29. The highest BCUT2D eigenvalue weighted by atomic mass is 16.5. The van der Waals surface area contributed by atoms with E-state index < -0.39 is 0 Å². The van der Waals surface area contributed by atoms with Crippen molar-refractivity contribution < 1.29 is 4.52 Å². The molecule has 13 heavy (non-hydrogen) atoms. The number of rotatable bonds is 1. The number of aromatic nitrogens is 1. The molecule has 1 aromatic rings. The fourth-order valence-corrected chi connectivity index (χ4v) is 1.90.